The van der Waals surface area contributed by atoms with E-state index in [2.05, 4.69) is 16.2 Å². The summed E-state index contributed by atoms with van der Waals surface area (Å²) in [5.41, 5.74) is 1.43. The number of nitro groups is 1. The van der Waals surface area contributed by atoms with E-state index in [0.717, 1.165) is 21.6 Å². The zero-order chi connectivity index (χ0) is 21.0. The first-order valence-electron chi connectivity index (χ1n) is 8.23. The second-order valence-electron chi connectivity index (χ2n) is 5.76. The zero-order valence-electron chi connectivity index (χ0n) is 15.1. The predicted octanol–water partition coefficient (Wildman–Crippen LogP) is 3.40. The number of fused-ring (bicyclic) bond motifs is 1. The highest BCUT2D eigenvalue weighted by molar-refractivity contribution is 7.16. The van der Waals surface area contributed by atoms with Gasteiger partial charge in [0.1, 0.15) is 0 Å². The van der Waals surface area contributed by atoms with Crippen LogP contribution < -0.4 is 10.1 Å². The molecule has 0 aliphatic carbocycles. The second-order valence-corrected chi connectivity index (χ2v) is 7.86. The van der Waals surface area contributed by atoms with Crippen LogP contribution in [-0.4, -0.2) is 21.3 Å². The number of nitrogens with one attached hydrogen (secondary N) is 1. The first kappa shape index (κ1) is 20.2. The van der Waals surface area contributed by atoms with Crippen LogP contribution in [0.3, 0.4) is 0 Å². The number of anilines is 1. The molecule has 3 aromatic rings. The molecule has 2 heterocycles. The third kappa shape index (κ3) is 4.84. The van der Waals surface area contributed by atoms with E-state index in [9.17, 15) is 19.7 Å². The molecule has 10 heteroatoms. The number of thiazole rings is 1. The molecular formula is C19H14N4O4S2. The van der Waals surface area contributed by atoms with E-state index in [4.69, 9.17) is 6.42 Å². The van der Waals surface area contributed by atoms with Crippen LogP contribution in [0.4, 0.5) is 10.7 Å². The summed E-state index contributed by atoms with van der Waals surface area (Å²) < 4.78 is 2.55. The first-order chi connectivity index (χ1) is 13.9. The molecule has 1 aromatic carbocycles. The molecule has 0 unspecified atom stereocenters. The van der Waals surface area contributed by atoms with Crippen molar-refractivity contribution in [3.8, 4) is 12.3 Å². The van der Waals surface area contributed by atoms with Gasteiger partial charge in [-0.2, -0.15) is 4.99 Å². The standard InChI is InChI=1S/C19H14N4O4S2/c1-3-10-22-15-7-4-13(20-12(2)24)11-16(15)29-19(22)21-17(25)8-5-14-6-9-18(28-14)23(26)27/h1,4-9,11H,10H2,2H3,(H,20,24). The Morgan fingerprint density at radius 3 is 2.79 bits per heavy atom. The van der Waals surface area contributed by atoms with Gasteiger partial charge in [-0.3, -0.25) is 19.7 Å². The van der Waals surface area contributed by atoms with E-state index >= 15 is 0 Å². The van der Waals surface area contributed by atoms with Gasteiger partial charge in [-0.25, -0.2) is 0 Å². The van der Waals surface area contributed by atoms with Crippen molar-refractivity contribution in [3.63, 3.8) is 0 Å². The van der Waals surface area contributed by atoms with Crippen LogP contribution in [0, 0.1) is 22.5 Å². The Kier molecular flexibility index (Phi) is 6.01. The number of hydrogen-bond donors (Lipinski definition) is 1. The molecule has 0 spiro atoms. The number of amides is 2. The molecule has 0 saturated carbocycles. The quantitative estimate of drug-likeness (QED) is 0.292. The Balaban J connectivity index is 1.94. The maximum Gasteiger partial charge on any atom is 0.324 e. The third-order valence-electron chi connectivity index (χ3n) is 3.64. The van der Waals surface area contributed by atoms with Gasteiger partial charge in [0.05, 0.1) is 21.7 Å². The van der Waals surface area contributed by atoms with Crippen LogP contribution in [0.5, 0.6) is 0 Å². The third-order valence-corrected chi connectivity index (χ3v) is 5.68. The lowest BCUT2D eigenvalue weighted by Gasteiger charge is -2.03. The number of nitrogens with zero attached hydrogens (tertiary/aromatic N) is 3. The number of benzene rings is 1. The molecule has 0 aliphatic rings. The van der Waals surface area contributed by atoms with Crippen LogP contribution in [0.25, 0.3) is 16.3 Å². The number of thiophene rings is 1. The van der Waals surface area contributed by atoms with Crippen LogP contribution in [-0.2, 0) is 16.1 Å². The molecule has 146 valence electrons. The van der Waals surface area contributed by atoms with Crippen molar-refractivity contribution in [2.75, 3.05) is 5.32 Å². The fraction of sp³-hybridized carbons (Fsp3) is 0.105. The van der Waals surface area contributed by atoms with Gasteiger partial charge in [-0.05, 0) is 30.3 Å². The number of aromatic nitrogens is 1. The van der Waals surface area contributed by atoms with Crippen molar-refractivity contribution in [1.29, 1.82) is 0 Å². The molecule has 2 aromatic heterocycles. The lowest BCUT2D eigenvalue weighted by Crippen LogP contribution is -2.15. The van der Waals surface area contributed by atoms with Gasteiger partial charge in [-0.15, -0.1) is 6.42 Å². The molecule has 0 aliphatic heterocycles. The summed E-state index contributed by atoms with van der Waals surface area (Å²) in [6, 6.07) is 8.29. The molecule has 8 nitrogen and oxygen atoms in total. The van der Waals surface area contributed by atoms with Gasteiger partial charge >= 0.3 is 5.00 Å². The van der Waals surface area contributed by atoms with E-state index in [1.807, 2.05) is 0 Å². The molecule has 3 rings (SSSR count). The number of carbonyl (C=O) groups excluding carboxylic acids is 2. The summed E-state index contributed by atoms with van der Waals surface area (Å²) in [6.07, 6.45) is 8.19. The average molecular weight is 426 g/mol. The molecule has 0 atom stereocenters. The maximum absolute atomic E-state index is 12.3. The summed E-state index contributed by atoms with van der Waals surface area (Å²) in [6.45, 7) is 1.65. The summed E-state index contributed by atoms with van der Waals surface area (Å²) in [5, 5.41) is 13.4. The van der Waals surface area contributed by atoms with E-state index in [1.54, 1.807) is 28.8 Å². The fourth-order valence-electron chi connectivity index (χ4n) is 2.50. The Morgan fingerprint density at radius 2 is 2.14 bits per heavy atom. The Hall–Kier alpha value is -3.55. The molecule has 29 heavy (non-hydrogen) atoms. The topological polar surface area (TPSA) is 107 Å². The minimum absolute atomic E-state index is 0.000352. The van der Waals surface area contributed by atoms with E-state index in [0.29, 0.717) is 15.4 Å². The average Bonchev–Trinajstić information content (AvgIpc) is 3.25. The SMILES string of the molecule is C#CCn1c(=NC(=O)C=Cc2ccc([N+](=O)[O-])s2)sc2cc(NC(C)=O)ccc21. The number of hydrogen-bond acceptors (Lipinski definition) is 6. The van der Waals surface area contributed by atoms with Gasteiger partial charge in [-0.1, -0.05) is 28.6 Å². The lowest BCUT2D eigenvalue weighted by atomic mass is 10.3. The molecular weight excluding hydrogens is 412 g/mol. The van der Waals surface area contributed by atoms with Gasteiger partial charge < -0.3 is 9.88 Å². The zero-order valence-corrected chi connectivity index (χ0v) is 16.8. The number of terminal acetylenes is 1. The second kappa shape index (κ2) is 8.64. The number of carbonyl (C=O) groups is 2. The Morgan fingerprint density at radius 1 is 1.34 bits per heavy atom. The Bertz CT molecular complexity index is 1260. The molecule has 2 amide bonds. The highest BCUT2D eigenvalue weighted by Gasteiger charge is 2.09. The number of rotatable bonds is 5. The highest BCUT2D eigenvalue weighted by atomic mass is 32.1. The van der Waals surface area contributed by atoms with E-state index < -0.39 is 10.8 Å². The summed E-state index contributed by atoms with van der Waals surface area (Å²) in [4.78, 5) is 38.9. The first-order valence-corrected chi connectivity index (χ1v) is 9.86. The van der Waals surface area contributed by atoms with Crippen molar-refractivity contribution in [2.24, 2.45) is 4.99 Å². The monoisotopic (exact) mass is 426 g/mol. The molecule has 0 radical (unpaired) electrons. The van der Waals surface area contributed by atoms with Gasteiger partial charge in [0.25, 0.3) is 5.91 Å². The minimum Gasteiger partial charge on any atom is -0.326 e. The van der Waals surface area contributed by atoms with Crippen LogP contribution >= 0.6 is 22.7 Å². The van der Waals surface area contributed by atoms with Crippen LogP contribution in [0.15, 0.2) is 41.4 Å². The molecule has 0 saturated heterocycles. The van der Waals surface area contributed by atoms with E-state index in [-0.39, 0.29) is 17.5 Å². The molecule has 0 bridgehead atoms. The summed E-state index contributed by atoms with van der Waals surface area (Å²) >= 11 is 2.24. The van der Waals surface area contributed by atoms with E-state index in [1.165, 1.54) is 36.5 Å². The minimum atomic E-state index is -0.513. The van der Waals surface area contributed by atoms with Crippen molar-refractivity contribution in [1.82, 2.24) is 4.57 Å². The van der Waals surface area contributed by atoms with Crippen LogP contribution in [0.1, 0.15) is 11.8 Å². The fourth-order valence-corrected chi connectivity index (χ4v) is 4.30. The smallest absolute Gasteiger partial charge is 0.324 e. The van der Waals surface area contributed by atoms with Crippen molar-refractivity contribution >= 4 is 61.5 Å². The van der Waals surface area contributed by atoms with Crippen molar-refractivity contribution < 1.29 is 14.5 Å². The van der Waals surface area contributed by atoms with Gasteiger partial charge in [0.15, 0.2) is 4.80 Å². The van der Waals surface area contributed by atoms with Gasteiger partial charge in [0, 0.05) is 29.6 Å². The molecule has 1 N–H and O–H groups in total. The van der Waals surface area contributed by atoms with Crippen LogP contribution in [0.2, 0.25) is 0 Å². The van der Waals surface area contributed by atoms with Gasteiger partial charge in [0.2, 0.25) is 5.91 Å². The summed E-state index contributed by atoms with van der Waals surface area (Å²) in [7, 11) is 0. The molecule has 0 fully saturated rings. The predicted molar refractivity (Wildman–Crippen MR) is 114 cm³/mol. The largest absolute Gasteiger partial charge is 0.326 e. The Labute approximate surface area is 173 Å². The maximum atomic E-state index is 12.3. The summed E-state index contributed by atoms with van der Waals surface area (Å²) in [5.74, 6) is 1.85. The van der Waals surface area contributed by atoms with Crippen molar-refractivity contribution in [3.05, 3.63) is 56.2 Å². The lowest BCUT2D eigenvalue weighted by molar-refractivity contribution is -0.380. The normalized spacial score (nSPS) is 11.7. The highest BCUT2D eigenvalue weighted by Crippen LogP contribution is 2.25. The van der Waals surface area contributed by atoms with Crippen molar-refractivity contribution in [2.45, 2.75) is 13.5 Å².